The highest BCUT2D eigenvalue weighted by Crippen LogP contribution is 2.39. The summed E-state index contributed by atoms with van der Waals surface area (Å²) in [5.74, 6) is 0.980. The van der Waals surface area contributed by atoms with Crippen molar-refractivity contribution in [1.82, 2.24) is 29.7 Å². The Morgan fingerprint density at radius 3 is 2.86 bits per heavy atom. The summed E-state index contributed by atoms with van der Waals surface area (Å²) < 4.78 is 1.78. The van der Waals surface area contributed by atoms with Crippen molar-refractivity contribution in [3.05, 3.63) is 24.3 Å². The summed E-state index contributed by atoms with van der Waals surface area (Å²) in [4.78, 5) is 9.71. The average molecular weight is 379 g/mol. The Morgan fingerprint density at radius 1 is 1.29 bits per heavy atom. The molecule has 2 aliphatic carbocycles. The van der Waals surface area contributed by atoms with Crippen molar-refractivity contribution in [3.8, 4) is 6.07 Å². The molecular weight excluding hydrogens is 354 g/mol. The van der Waals surface area contributed by atoms with E-state index in [0.29, 0.717) is 17.9 Å². The summed E-state index contributed by atoms with van der Waals surface area (Å²) in [6, 6.07) is 4.62. The highest BCUT2D eigenvalue weighted by molar-refractivity contribution is 5.92. The van der Waals surface area contributed by atoms with Gasteiger partial charge in [0.05, 0.1) is 18.2 Å². The van der Waals surface area contributed by atoms with Gasteiger partial charge < -0.3 is 10.1 Å². The van der Waals surface area contributed by atoms with E-state index in [1.54, 1.807) is 10.8 Å². The first-order valence-corrected chi connectivity index (χ1v) is 10.2. The molecule has 2 fully saturated rings. The molecule has 3 aromatic rings. The van der Waals surface area contributed by atoms with Crippen LogP contribution in [0.1, 0.15) is 56.6 Å². The van der Waals surface area contributed by atoms with Gasteiger partial charge in [0.1, 0.15) is 23.7 Å². The molecule has 0 spiro atoms. The van der Waals surface area contributed by atoms with Crippen LogP contribution in [-0.2, 0) is 0 Å². The summed E-state index contributed by atoms with van der Waals surface area (Å²) >= 11 is 0. The fraction of sp³-hybridized carbons (Fsp3) is 0.600. The number of hydrogen-bond donors (Lipinski definition) is 2. The summed E-state index contributed by atoms with van der Waals surface area (Å²) in [6.07, 6.45) is 9.89. The Hall–Kier alpha value is -2.50. The number of aliphatic hydroxyl groups is 1. The molecule has 8 nitrogen and oxygen atoms in total. The quantitative estimate of drug-likeness (QED) is 0.638. The maximum atomic E-state index is 10.3. The zero-order valence-electron chi connectivity index (χ0n) is 15.8. The van der Waals surface area contributed by atoms with Gasteiger partial charge in [0.15, 0.2) is 0 Å². The van der Waals surface area contributed by atoms with Gasteiger partial charge in [-0.15, -0.1) is 5.10 Å². The van der Waals surface area contributed by atoms with Crippen molar-refractivity contribution in [1.29, 1.82) is 5.26 Å². The van der Waals surface area contributed by atoms with Crippen LogP contribution >= 0.6 is 0 Å². The number of aliphatic hydroxyl groups excluding tert-OH is 1. The lowest BCUT2D eigenvalue weighted by Crippen LogP contribution is -2.41. The Morgan fingerprint density at radius 2 is 2.11 bits per heavy atom. The van der Waals surface area contributed by atoms with Gasteiger partial charge in [0, 0.05) is 30.1 Å². The van der Waals surface area contributed by atoms with Crippen molar-refractivity contribution >= 4 is 16.6 Å². The lowest BCUT2D eigenvalue weighted by atomic mass is 9.80. The van der Waals surface area contributed by atoms with Crippen molar-refractivity contribution < 1.29 is 5.11 Å². The molecule has 2 aliphatic rings. The van der Waals surface area contributed by atoms with Crippen molar-refractivity contribution in [2.45, 2.75) is 63.1 Å². The molecule has 2 N–H and O–H groups in total. The largest absolute Gasteiger partial charge is 0.377 e. The third-order valence-corrected chi connectivity index (χ3v) is 6.37. The van der Waals surface area contributed by atoms with E-state index in [4.69, 9.17) is 5.26 Å². The minimum atomic E-state index is -0.620. The van der Waals surface area contributed by atoms with Crippen LogP contribution in [0.15, 0.2) is 18.6 Å². The first-order valence-electron chi connectivity index (χ1n) is 10.2. The van der Waals surface area contributed by atoms with Gasteiger partial charge in [-0.3, -0.25) is 4.90 Å². The molecule has 5 rings (SSSR count). The molecule has 3 aromatic heterocycles. The number of aromatic amines is 1. The second-order valence-corrected chi connectivity index (χ2v) is 8.24. The van der Waals surface area contributed by atoms with Gasteiger partial charge in [-0.25, -0.2) is 9.50 Å². The van der Waals surface area contributed by atoms with E-state index in [-0.39, 0.29) is 6.42 Å². The first-order chi connectivity index (χ1) is 13.7. The number of nitrogens with one attached hydrogen (secondary N) is 1. The SMILES string of the molecule is N#CCC(O)N(CC1CCC(c2nnn3cnc4[nH]ccc4c23)CC1)C1CC1. The van der Waals surface area contributed by atoms with Crippen LogP contribution in [0.25, 0.3) is 16.6 Å². The predicted octanol–water partition coefficient (Wildman–Crippen LogP) is 2.58. The molecule has 0 radical (unpaired) electrons. The molecule has 0 saturated heterocycles. The van der Waals surface area contributed by atoms with Gasteiger partial charge in [-0.2, -0.15) is 5.26 Å². The van der Waals surface area contributed by atoms with E-state index in [2.05, 4.69) is 31.2 Å². The third kappa shape index (κ3) is 3.15. The fourth-order valence-corrected chi connectivity index (χ4v) is 4.73. The van der Waals surface area contributed by atoms with E-state index < -0.39 is 6.23 Å². The lowest BCUT2D eigenvalue weighted by molar-refractivity contribution is -0.0123. The summed E-state index contributed by atoms with van der Waals surface area (Å²) in [5, 5.41) is 29.1. The van der Waals surface area contributed by atoms with Crippen molar-refractivity contribution in [2.75, 3.05) is 6.54 Å². The zero-order chi connectivity index (χ0) is 19.1. The predicted molar refractivity (Wildman–Crippen MR) is 103 cm³/mol. The molecule has 0 aliphatic heterocycles. The molecule has 0 aromatic carbocycles. The van der Waals surface area contributed by atoms with Crippen molar-refractivity contribution in [3.63, 3.8) is 0 Å². The number of nitrogens with zero attached hydrogens (tertiary/aromatic N) is 6. The number of rotatable bonds is 6. The van der Waals surface area contributed by atoms with E-state index in [1.807, 2.05) is 12.3 Å². The van der Waals surface area contributed by atoms with Gasteiger partial charge in [0.25, 0.3) is 0 Å². The monoisotopic (exact) mass is 379 g/mol. The van der Waals surface area contributed by atoms with Crippen LogP contribution in [-0.4, -0.2) is 53.6 Å². The average Bonchev–Trinajstić information content (AvgIpc) is 3.26. The Bertz CT molecular complexity index is 1010. The summed E-state index contributed by atoms with van der Waals surface area (Å²) in [5.41, 5.74) is 3.02. The zero-order valence-corrected chi connectivity index (χ0v) is 15.8. The normalized spacial score (nSPS) is 24.0. The molecule has 1 unspecified atom stereocenters. The number of fused-ring (bicyclic) bond motifs is 3. The molecule has 146 valence electrons. The van der Waals surface area contributed by atoms with Gasteiger partial charge in [0.2, 0.25) is 0 Å². The Balaban J connectivity index is 1.29. The summed E-state index contributed by atoms with van der Waals surface area (Å²) in [7, 11) is 0. The smallest absolute Gasteiger partial charge is 0.141 e. The Kier molecular flexibility index (Phi) is 4.49. The topological polar surface area (TPSA) is 106 Å². The molecule has 8 heteroatoms. The van der Waals surface area contributed by atoms with Crippen LogP contribution in [0.2, 0.25) is 0 Å². The third-order valence-electron chi connectivity index (χ3n) is 6.37. The number of nitriles is 1. The molecule has 1 atom stereocenters. The number of H-pyrrole nitrogens is 1. The molecule has 3 heterocycles. The van der Waals surface area contributed by atoms with Gasteiger partial charge in [-0.05, 0) is 50.5 Å². The maximum absolute atomic E-state index is 10.3. The highest BCUT2D eigenvalue weighted by Gasteiger charge is 2.36. The molecule has 2 saturated carbocycles. The van der Waals surface area contributed by atoms with Crippen LogP contribution in [0.5, 0.6) is 0 Å². The van der Waals surface area contributed by atoms with Crippen LogP contribution in [0, 0.1) is 17.2 Å². The maximum Gasteiger partial charge on any atom is 0.141 e. The minimum absolute atomic E-state index is 0.193. The molecular formula is C20H25N7O. The second-order valence-electron chi connectivity index (χ2n) is 8.24. The van der Waals surface area contributed by atoms with Crippen molar-refractivity contribution in [2.24, 2.45) is 5.92 Å². The number of hydrogen-bond acceptors (Lipinski definition) is 6. The first kappa shape index (κ1) is 17.6. The van der Waals surface area contributed by atoms with Gasteiger partial charge in [-0.1, -0.05) is 5.21 Å². The second kappa shape index (κ2) is 7.15. The number of aromatic nitrogens is 5. The van der Waals surface area contributed by atoms with E-state index in [0.717, 1.165) is 67.3 Å². The molecule has 28 heavy (non-hydrogen) atoms. The van der Waals surface area contributed by atoms with Crippen LogP contribution < -0.4 is 0 Å². The lowest BCUT2D eigenvalue weighted by Gasteiger charge is -2.34. The van der Waals surface area contributed by atoms with Gasteiger partial charge >= 0.3 is 0 Å². The minimum Gasteiger partial charge on any atom is -0.377 e. The molecule has 0 amide bonds. The molecule has 0 bridgehead atoms. The summed E-state index contributed by atoms with van der Waals surface area (Å²) in [6.45, 7) is 0.897. The highest BCUT2D eigenvalue weighted by atomic mass is 16.3. The Labute approximate surface area is 163 Å². The van der Waals surface area contributed by atoms with Crippen LogP contribution in [0.3, 0.4) is 0 Å². The fourth-order valence-electron chi connectivity index (χ4n) is 4.73. The van der Waals surface area contributed by atoms with E-state index >= 15 is 0 Å². The standard InChI is InChI=1S/C20H25N7O/c21-9-7-17(28)26(15-5-6-15)11-13-1-3-14(4-2-13)18-19-16-8-10-22-20(16)23-12-27(19)25-24-18/h8,10,12-15,17,22,28H,1-7,11H2. The van der Waals surface area contributed by atoms with Crippen LogP contribution in [0.4, 0.5) is 0 Å². The van der Waals surface area contributed by atoms with E-state index in [1.165, 1.54) is 0 Å². The van der Waals surface area contributed by atoms with E-state index in [9.17, 15) is 5.11 Å².